The molecule has 0 aliphatic carbocycles. The highest BCUT2D eigenvalue weighted by Gasteiger charge is 2.17. The summed E-state index contributed by atoms with van der Waals surface area (Å²) in [6.45, 7) is 0. The lowest BCUT2D eigenvalue weighted by molar-refractivity contribution is 0.0959. The fraction of sp³-hybridized carbons (Fsp3) is 0. The first-order valence-electron chi connectivity index (χ1n) is 8.54. The first-order chi connectivity index (χ1) is 13.7. The molecule has 4 rings (SSSR count). The topological polar surface area (TPSA) is 50.7 Å². The van der Waals surface area contributed by atoms with Gasteiger partial charge in [0.05, 0.1) is 11.2 Å². The average molecular weight is 407 g/mol. The summed E-state index contributed by atoms with van der Waals surface area (Å²) in [6, 6.07) is 24.6. The summed E-state index contributed by atoms with van der Waals surface area (Å²) in [6.07, 6.45) is 1.59. The predicted octanol–water partition coefficient (Wildman–Crippen LogP) is 6.11. The summed E-state index contributed by atoms with van der Waals surface area (Å²) in [5.41, 5.74) is 3.43. The molecule has 0 radical (unpaired) electrons. The van der Waals surface area contributed by atoms with Gasteiger partial charge in [0, 0.05) is 10.1 Å². The number of hydrogen-bond donors (Lipinski definition) is 1. The van der Waals surface area contributed by atoms with Crippen LogP contribution in [-0.4, -0.2) is 12.1 Å². The summed E-state index contributed by atoms with van der Waals surface area (Å²) in [5, 5.41) is 5.17. The fourth-order valence-corrected chi connectivity index (χ4v) is 4.01. The number of nitrogens with one attached hydrogen (secondary N) is 1. The van der Waals surface area contributed by atoms with E-state index >= 15 is 0 Å². The average Bonchev–Trinajstić information content (AvgIpc) is 3.06. The quantitative estimate of drug-likeness (QED) is 0.321. The minimum Gasteiger partial charge on any atom is -0.457 e. The SMILES string of the molecule is O=C(N/N=C/c1ccccc1)c1sc2ccc(Oc3ccccc3)cc2c1Cl. The van der Waals surface area contributed by atoms with Gasteiger partial charge in [-0.25, -0.2) is 5.43 Å². The normalized spacial score (nSPS) is 11.0. The smallest absolute Gasteiger partial charge is 0.283 e. The van der Waals surface area contributed by atoms with E-state index in [-0.39, 0.29) is 5.91 Å². The molecule has 0 saturated heterocycles. The Morgan fingerprint density at radius 2 is 1.68 bits per heavy atom. The highest BCUT2D eigenvalue weighted by Crippen LogP contribution is 2.38. The number of benzene rings is 3. The number of amides is 1. The van der Waals surface area contributed by atoms with E-state index < -0.39 is 0 Å². The van der Waals surface area contributed by atoms with Gasteiger partial charge in [-0.3, -0.25) is 4.79 Å². The molecule has 0 spiro atoms. The van der Waals surface area contributed by atoms with Crippen LogP contribution in [0.3, 0.4) is 0 Å². The van der Waals surface area contributed by atoms with E-state index in [0.29, 0.717) is 15.6 Å². The van der Waals surface area contributed by atoms with E-state index in [9.17, 15) is 4.79 Å². The predicted molar refractivity (Wildman–Crippen MR) is 115 cm³/mol. The van der Waals surface area contributed by atoms with Crippen molar-refractivity contribution >= 4 is 45.1 Å². The van der Waals surface area contributed by atoms with Crippen molar-refractivity contribution < 1.29 is 9.53 Å². The number of nitrogens with zero attached hydrogens (tertiary/aromatic N) is 1. The van der Waals surface area contributed by atoms with Crippen molar-refractivity contribution in [1.29, 1.82) is 0 Å². The molecule has 0 fully saturated rings. The van der Waals surface area contributed by atoms with E-state index in [1.807, 2.05) is 78.9 Å². The number of ether oxygens (including phenoxy) is 1. The van der Waals surface area contributed by atoms with E-state index in [4.69, 9.17) is 16.3 Å². The van der Waals surface area contributed by atoms with Crippen molar-refractivity contribution in [2.75, 3.05) is 0 Å². The zero-order chi connectivity index (χ0) is 19.3. The largest absolute Gasteiger partial charge is 0.457 e. The zero-order valence-corrected chi connectivity index (χ0v) is 16.2. The van der Waals surface area contributed by atoms with E-state index in [1.165, 1.54) is 11.3 Å². The molecule has 1 heterocycles. The Hall–Kier alpha value is -3.15. The summed E-state index contributed by atoms with van der Waals surface area (Å²) in [4.78, 5) is 12.9. The molecular formula is C22H15ClN2O2S. The fourth-order valence-electron chi connectivity index (χ4n) is 2.64. The van der Waals surface area contributed by atoms with Gasteiger partial charge in [0.25, 0.3) is 5.91 Å². The van der Waals surface area contributed by atoms with Gasteiger partial charge in [-0.05, 0) is 35.9 Å². The van der Waals surface area contributed by atoms with Gasteiger partial charge in [0.2, 0.25) is 0 Å². The Labute approximate surface area is 171 Å². The van der Waals surface area contributed by atoms with Crippen LogP contribution in [0.15, 0.2) is 84.0 Å². The second kappa shape index (κ2) is 8.25. The van der Waals surface area contributed by atoms with Crippen LogP contribution in [0.25, 0.3) is 10.1 Å². The second-order valence-electron chi connectivity index (χ2n) is 5.93. The van der Waals surface area contributed by atoms with Crippen molar-refractivity contribution in [3.8, 4) is 11.5 Å². The number of rotatable bonds is 5. The summed E-state index contributed by atoms with van der Waals surface area (Å²) in [7, 11) is 0. The Morgan fingerprint density at radius 1 is 0.964 bits per heavy atom. The molecule has 0 bridgehead atoms. The molecule has 0 aliphatic heterocycles. The molecule has 28 heavy (non-hydrogen) atoms. The van der Waals surface area contributed by atoms with Gasteiger partial charge in [-0.15, -0.1) is 11.3 Å². The minimum absolute atomic E-state index is 0.344. The highest BCUT2D eigenvalue weighted by atomic mass is 35.5. The Kier molecular flexibility index (Phi) is 5.37. The van der Waals surface area contributed by atoms with Crippen molar-refractivity contribution in [3.05, 3.63) is 94.3 Å². The summed E-state index contributed by atoms with van der Waals surface area (Å²) >= 11 is 7.78. The number of carbonyl (C=O) groups excluding carboxylic acids is 1. The Bertz CT molecular complexity index is 1140. The lowest BCUT2D eigenvalue weighted by Gasteiger charge is -2.05. The molecule has 0 saturated carbocycles. The van der Waals surface area contributed by atoms with Crippen molar-refractivity contribution in [3.63, 3.8) is 0 Å². The number of carbonyl (C=O) groups is 1. The Balaban J connectivity index is 1.53. The van der Waals surface area contributed by atoms with Crippen LogP contribution >= 0.6 is 22.9 Å². The van der Waals surface area contributed by atoms with Crippen molar-refractivity contribution in [2.24, 2.45) is 5.10 Å². The van der Waals surface area contributed by atoms with Crippen LogP contribution in [0, 0.1) is 0 Å². The minimum atomic E-state index is -0.344. The van der Waals surface area contributed by atoms with Crippen LogP contribution in [0.5, 0.6) is 11.5 Å². The number of halogens is 1. The van der Waals surface area contributed by atoms with Crippen LogP contribution in [0.4, 0.5) is 0 Å². The highest BCUT2D eigenvalue weighted by molar-refractivity contribution is 7.21. The van der Waals surface area contributed by atoms with Gasteiger partial charge < -0.3 is 4.74 Å². The summed E-state index contributed by atoms with van der Waals surface area (Å²) in [5.74, 6) is 1.05. The van der Waals surface area contributed by atoms with Crippen LogP contribution in [0.1, 0.15) is 15.2 Å². The van der Waals surface area contributed by atoms with E-state index in [0.717, 1.165) is 21.4 Å². The van der Waals surface area contributed by atoms with Gasteiger partial charge in [-0.1, -0.05) is 60.1 Å². The number of hydrogen-bond acceptors (Lipinski definition) is 4. The van der Waals surface area contributed by atoms with Gasteiger partial charge in [0.1, 0.15) is 16.4 Å². The number of hydrazone groups is 1. The molecule has 0 unspecified atom stereocenters. The van der Waals surface area contributed by atoms with Crippen molar-refractivity contribution in [2.45, 2.75) is 0 Å². The van der Waals surface area contributed by atoms with Gasteiger partial charge in [-0.2, -0.15) is 5.10 Å². The maximum atomic E-state index is 12.5. The molecule has 6 heteroatoms. The third-order valence-electron chi connectivity index (χ3n) is 3.96. The molecule has 0 aliphatic rings. The molecule has 3 aromatic carbocycles. The molecule has 4 nitrogen and oxygen atoms in total. The number of fused-ring (bicyclic) bond motifs is 1. The molecule has 1 N–H and O–H groups in total. The lowest BCUT2D eigenvalue weighted by atomic mass is 10.2. The Morgan fingerprint density at radius 3 is 2.43 bits per heavy atom. The van der Waals surface area contributed by atoms with Crippen molar-refractivity contribution in [1.82, 2.24) is 5.43 Å². The lowest BCUT2D eigenvalue weighted by Crippen LogP contribution is -2.16. The first-order valence-corrected chi connectivity index (χ1v) is 9.73. The van der Waals surface area contributed by atoms with Crippen LogP contribution in [0.2, 0.25) is 5.02 Å². The standard InChI is InChI=1S/C22H15ClN2O2S/c23-20-18-13-17(27-16-9-5-2-6-10-16)11-12-19(18)28-21(20)22(26)25-24-14-15-7-3-1-4-8-15/h1-14H,(H,25,26)/b24-14+. The number of thiophene rings is 1. The van der Waals surface area contributed by atoms with E-state index in [2.05, 4.69) is 10.5 Å². The maximum absolute atomic E-state index is 12.5. The number of para-hydroxylation sites is 1. The molecule has 4 aromatic rings. The zero-order valence-electron chi connectivity index (χ0n) is 14.6. The van der Waals surface area contributed by atoms with Crippen LogP contribution in [-0.2, 0) is 0 Å². The first kappa shape index (κ1) is 18.2. The molecule has 138 valence electrons. The molecule has 0 atom stereocenters. The monoisotopic (exact) mass is 406 g/mol. The van der Waals surface area contributed by atoms with Gasteiger partial charge >= 0.3 is 0 Å². The second-order valence-corrected chi connectivity index (χ2v) is 7.36. The third kappa shape index (κ3) is 4.06. The maximum Gasteiger partial charge on any atom is 0.283 e. The third-order valence-corrected chi connectivity index (χ3v) is 5.64. The molecular weight excluding hydrogens is 392 g/mol. The van der Waals surface area contributed by atoms with E-state index in [1.54, 1.807) is 6.21 Å². The summed E-state index contributed by atoms with van der Waals surface area (Å²) < 4.78 is 6.75. The van der Waals surface area contributed by atoms with Gasteiger partial charge in [0.15, 0.2) is 0 Å². The molecule has 1 amide bonds. The molecule has 1 aromatic heterocycles. The van der Waals surface area contributed by atoms with Crippen LogP contribution < -0.4 is 10.2 Å².